The minimum atomic E-state index is -0.820. The Kier molecular flexibility index (Phi) is 3.78. The molecule has 0 aliphatic rings. The third-order valence-electron chi connectivity index (χ3n) is 1.56. The molecule has 0 radical (unpaired) electrons. The van der Waals surface area contributed by atoms with Crippen molar-refractivity contribution >= 4 is 29.5 Å². The normalized spacial score (nSPS) is 10.3. The average Bonchev–Trinajstić information content (AvgIpc) is 2.19. The molecule has 0 saturated heterocycles. The minimum Gasteiger partial charge on any atom is -0.350 e. The fraction of sp³-hybridized carbons (Fsp3) is 0. The average molecular weight is 243 g/mol. The molecule has 0 atom stereocenters. The lowest BCUT2D eigenvalue weighted by molar-refractivity contribution is -0.384. The van der Waals surface area contributed by atoms with Gasteiger partial charge in [-0.1, -0.05) is 17.7 Å². The maximum Gasteiger partial charge on any atom is 0.332 e. The van der Waals surface area contributed by atoms with E-state index in [-0.39, 0.29) is 10.7 Å². The quantitative estimate of drug-likeness (QED) is 0.473. The SMILES string of the molecule is NC(=O)N/N=C/c1ccc(Cl)c([N+](=O)[O-])c1. The largest absolute Gasteiger partial charge is 0.350 e. The number of rotatable bonds is 3. The zero-order chi connectivity index (χ0) is 12.1. The number of nitrogens with one attached hydrogen (secondary N) is 1. The molecule has 7 nitrogen and oxygen atoms in total. The van der Waals surface area contributed by atoms with Crippen molar-refractivity contribution in [2.24, 2.45) is 10.8 Å². The van der Waals surface area contributed by atoms with Crippen LogP contribution in [-0.2, 0) is 0 Å². The molecule has 0 aliphatic heterocycles. The summed E-state index contributed by atoms with van der Waals surface area (Å²) in [5, 5.41) is 14.0. The van der Waals surface area contributed by atoms with Crippen LogP contribution in [0.1, 0.15) is 5.56 Å². The number of hydrogen-bond acceptors (Lipinski definition) is 4. The van der Waals surface area contributed by atoms with Crippen molar-refractivity contribution in [3.63, 3.8) is 0 Å². The Morgan fingerprint density at radius 3 is 2.88 bits per heavy atom. The fourth-order valence-corrected chi connectivity index (χ4v) is 1.11. The van der Waals surface area contributed by atoms with Crippen molar-refractivity contribution in [2.75, 3.05) is 0 Å². The first-order valence-electron chi connectivity index (χ1n) is 4.03. The van der Waals surface area contributed by atoms with Gasteiger partial charge in [-0.05, 0) is 6.07 Å². The standard InChI is InChI=1S/C8H7ClN4O3/c9-6-2-1-5(3-7(6)13(15)16)4-11-12-8(10)14/h1-4H,(H3,10,12,14)/b11-4+. The number of nitro benzene ring substituents is 1. The lowest BCUT2D eigenvalue weighted by Crippen LogP contribution is -2.24. The zero-order valence-electron chi connectivity index (χ0n) is 7.88. The van der Waals surface area contributed by atoms with Crippen LogP contribution in [0.5, 0.6) is 0 Å². The number of nitrogens with zero attached hydrogens (tertiary/aromatic N) is 2. The molecular weight excluding hydrogens is 236 g/mol. The van der Waals surface area contributed by atoms with Gasteiger partial charge in [0, 0.05) is 11.6 Å². The summed E-state index contributed by atoms with van der Waals surface area (Å²) in [6.07, 6.45) is 1.22. The van der Waals surface area contributed by atoms with Crippen LogP contribution in [0.4, 0.5) is 10.5 Å². The summed E-state index contributed by atoms with van der Waals surface area (Å²) in [6.45, 7) is 0. The highest BCUT2D eigenvalue weighted by Gasteiger charge is 2.11. The molecule has 8 heteroatoms. The Hall–Kier alpha value is -2.15. The van der Waals surface area contributed by atoms with Crippen molar-refractivity contribution < 1.29 is 9.72 Å². The molecule has 16 heavy (non-hydrogen) atoms. The first kappa shape index (κ1) is 11.9. The Morgan fingerprint density at radius 2 is 2.31 bits per heavy atom. The molecule has 1 rings (SSSR count). The number of carbonyl (C=O) groups is 1. The first-order chi connectivity index (χ1) is 7.50. The van der Waals surface area contributed by atoms with Gasteiger partial charge in [-0.15, -0.1) is 0 Å². The zero-order valence-corrected chi connectivity index (χ0v) is 8.64. The van der Waals surface area contributed by atoms with E-state index >= 15 is 0 Å². The number of hydrogen-bond donors (Lipinski definition) is 2. The van der Waals surface area contributed by atoms with Crippen LogP contribution in [0.3, 0.4) is 0 Å². The van der Waals surface area contributed by atoms with E-state index in [9.17, 15) is 14.9 Å². The summed E-state index contributed by atoms with van der Waals surface area (Å²) in [7, 11) is 0. The van der Waals surface area contributed by atoms with Crippen LogP contribution < -0.4 is 11.2 Å². The number of nitro groups is 1. The van der Waals surface area contributed by atoms with Crippen LogP contribution in [0, 0.1) is 10.1 Å². The lowest BCUT2D eigenvalue weighted by Gasteiger charge is -1.96. The Labute approximate surface area is 95.0 Å². The van der Waals surface area contributed by atoms with Gasteiger partial charge >= 0.3 is 6.03 Å². The number of nitrogens with two attached hydrogens (primary N) is 1. The van der Waals surface area contributed by atoms with E-state index in [2.05, 4.69) is 5.10 Å². The van der Waals surface area contributed by atoms with Crippen molar-refractivity contribution in [1.29, 1.82) is 0 Å². The number of amides is 2. The second-order valence-electron chi connectivity index (χ2n) is 2.70. The minimum absolute atomic E-state index is 0.0324. The lowest BCUT2D eigenvalue weighted by atomic mass is 10.2. The number of primary amides is 1. The first-order valence-corrected chi connectivity index (χ1v) is 4.41. The van der Waals surface area contributed by atoms with Crippen molar-refractivity contribution in [3.8, 4) is 0 Å². The van der Waals surface area contributed by atoms with Gasteiger partial charge in [0.15, 0.2) is 0 Å². The molecule has 3 N–H and O–H groups in total. The summed E-state index contributed by atoms with van der Waals surface area (Å²) < 4.78 is 0. The topological polar surface area (TPSA) is 111 Å². The predicted octanol–water partition coefficient (Wildman–Crippen LogP) is 1.25. The van der Waals surface area contributed by atoms with E-state index in [0.29, 0.717) is 5.56 Å². The van der Waals surface area contributed by atoms with E-state index in [0.717, 1.165) is 0 Å². The highest BCUT2D eigenvalue weighted by molar-refractivity contribution is 6.32. The van der Waals surface area contributed by atoms with Crippen molar-refractivity contribution in [2.45, 2.75) is 0 Å². The van der Waals surface area contributed by atoms with E-state index in [1.165, 1.54) is 24.4 Å². The van der Waals surface area contributed by atoms with Gasteiger partial charge in [0.1, 0.15) is 5.02 Å². The van der Waals surface area contributed by atoms with Crippen LogP contribution in [-0.4, -0.2) is 17.2 Å². The smallest absolute Gasteiger partial charge is 0.332 e. The maximum absolute atomic E-state index is 10.5. The second-order valence-corrected chi connectivity index (χ2v) is 3.11. The van der Waals surface area contributed by atoms with Gasteiger partial charge in [0.05, 0.1) is 11.1 Å². The van der Waals surface area contributed by atoms with E-state index in [1.807, 2.05) is 5.43 Å². The summed E-state index contributed by atoms with van der Waals surface area (Å²) >= 11 is 5.60. The van der Waals surface area contributed by atoms with Crippen LogP contribution >= 0.6 is 11.6 Å². The number of urea groups is 1. The Bertz CT molecular complexity index is 461. The third kappa shape index (κ3) is 3.21. The molecule has 0 aliphatic carbocycles. The highest BCUT2D eigenvalue weighted by Crippen LogP contribution is 2.24. The van der Waals surface area contributed by atoms with Crippen molar-refractivity contribution in [3.05, 3.63) is 38.9 Å². The van der Waals surface area contributed by atoms with Crippen molar-refractivity contribution in [1.82, 2.24) is 5.43 Å². The summed E-state index contributed by atoms with van der Waals surface area (Å²) in [6, 6.07) is 3.29. The highest BCUT2D eigenvalue weighted by atomic mass is 35.5. The van der Waals surface area contributed by atoms with Crippen LogP contribution in [0.25, 0.3) is 0 Å². The number of halogens is 1. The molecule has 0 unspecified atom stereocenters. The summed E-state index contributed by atoms with van der Waals surface area (Å²) in [4.78, 5) is 20.2. The molecule has 0 bridgehead atoms. The number of benzene rings is 1. The molecular formula is C8H7ClN4O3. The van der Waals surface area contributed by atoms with E-state index < -0.39 is 11.0 Å². The van der Waals surface area contributed by atoms with Gasteiger partial charge in [-0.2, -0.15) is 5.10 Å². The molecule has 84 valence electrons. The van der Waals surface area contributed by atoms with Gasteiger partial charge in [-0.3, -0.25) is 10.1 Å². The third-order valence-corrected chi connectivity index (χ3v) is 1.87. The summed E-state index contributed by atoms with van der Waals surface area (Å²) in [5.74, 6) is 0. The fourth-order valence-electron chi connectivity index (χ4n) is 0.920. The van der Waals surface area contributed by atoms with Gasteiger partial charge in [-0.25, -0.2) is 10.2 Å². The Balaban J connectivity index is 2.91. The molecule has 0 fully saturated rings. The second kappa shape index (κ2) is 5.08. The molecule has 2 amide bonds. The van der Waals surface area contributed by atoms with E-state index in [1.54, 1.807) is 0 Å². The molecule has 0 saturated carbocycles. The summed E-state index contributed by atoms with van der Waals surface area (Å²) in [5.41, 5.74) is 6.92. The molecule has 0 aromatic heterocycles. The molecule has 1 aromatic carbocycles. The monoisotopic (exact) mass is 242 g/mol. The number of carbonyl (C=O) groups excluding carboxylic acids is 1. The van der Waals surface area contributed by atoms with Gasteiger partial charge < -0.3 is 5.73 Å². The van der Waals surface area contributed by atoms with Crippen LogP contribution in [0.2, 0.25) is 5.02 Å². The van der Waals surface area contributed by atoms with Gasteiger partial charge in [0.2, 0.25) is 0 Å². The number of hydrazone groups is 1. The van der Waals surface area contributed by atoms with E-state index in [4.69, 9.17) is 17.3 Å². The van der Waals surface area contributed by atoms with Gasteiger partial charge in [0.25, 0.3) is 5.69 Å². The maximum atomic E-state index is 10.5. The van der Waals surface area contributed by atoms with Crippen LogP contribution in [0.15, 0.2) is 23.3 Å². The molecule has 1 aromatic rings. The molecule has 0 heterocycles. The Morgan fingerprint density at radius 1 is 1.62 bits per heavy atom. The predicted molar refractivity (Wildman–Crippen MR) is 58.4 cm³/mol. The molecule has 0 spiro atoms.